The normalized spacial score (nSPS) is 18.7. The topological polar surface area (TPSA) is 95.9 Å². The molecule has 2 N–H and O–H groups in total. The average Bonchev–Trinajstić information content (AvgIpc) is 2.44. The molecule has 1 fully saturated rings. The molecule has 3 amide bonds. The SMILES string of the molecule is COc1ccc(C(C)NC(=O)N2C(=O)CC2C(=O)O)cc1. The van der Waals surface area contributed by atoms with Crippen molar-refractivity contribution in [1.29, 1.82) is 0 Å². The molecule has 112 valence electrons. The maximum absolute atomic E-state index is 12.0. The molecule has 1 aromatic carbocycles. The molecule has 7 nitrogen and oxygen atoms in total. The van der Waals surface area contributed by atoms with Crippen molar-refractivity contribution in [2.24, 2.45) is 0 Å². The minimum absolute atomic E-state index is 0.139. The highest BCUT2D eigenvalue weighted by atomic mass is 16.5. The predicted octanol–water partition coefficient (Wildman–Crippen LogP) is 1.15. The summed E-state index contributed by atoms with van der Waals surface area (Å²) in [6.07, 6.45) is -0.139. The van der Waals surface area contributed by atoms with Crippen LogP contribution in [0.1, 0.15) is 24.9 Å². The molecule has 1 saturated heterocycles. The Morgan fingerprint density at radius 1 is 1.38 bits per heavy atom. The molecule has 2 unspecified atom stereocenters. The van der Waals surface area contributed by atoms with Gasteiger partial charge in [0.1, 0.15) is 11.8 Å². The van der Waals surface area contributed by atoms with Gasteiger partial charge in [-0.2, -0.15) is 0 Å². The number of urea groups is 1. The van der Waals surface area contributed by atoms with Crippen molar-refractivity contribution in [2.45, 2.75) is 25.4 Å². The molecular formula is C14H16N2O5. The van der Waals surface area contributed by atoms with Crippen molar-refractivity contribution in [3.63, 3.8) is 0 Å². The third-order valence-corrected chi connectivity index (χ3v) is 3.41. The number of methoxy groups -OCH3 is 1. The predicted molar refractivity (Wildman–Crippen MR) is 72.8 cm³/mol. The van der Waals surface area contributed by atoms with Gasteiger partial charge < -0.3 is 15.2 Å². The van der Waals surface area contributed by atoms with Gasteiger partial charge in [0.05, 0.1) is 19.6 Å². The van der Waals surface area contributed by atoms with Crippen LogP contribution < -0.4 is 10.1 Å². The van der Waals surface area contributed by atoms with Crippen LogP contribution in [0.5, 0.6) is 5.75 Å². The maximum atomic E-state index is 12.0. The molecule has 7 heteroatoms. The summed E-state index contributed by atoms with van der Waals surface area (Å²) < 4.78 is 5.04. The molecule has 1 aliphatic heterocycles. The Kier molecular flexibility index (Phi) is 4.11. The number of likely N-dealkylation sites (tertiary alicyclic amines) is 1. The maximum Gasteiger partial charge on any atom is 0.327 e. The lowest BCUT2D eigenvalue weighted by Crippen LogP contribution is -2.61. The second-order valence-corrected chi connectivity index (χ2v) is 4.77. The van der Waals surface area contributed by atoms with E-state index < -0.39 is 23.9 Å². The molecule has 0 radical (unpaired) electrons. The summed E-state index contributed by atoms with van der Waals surface area (Å²) in [4.78, 5) is 35.0. The summed E-state index contributed by atoms with van der Waals surface area (Å²) >= 11 is 0. The molecule has 1 aliphatic rings. The Labute approximate surface area is 121 Å². The van der Waals surface area contributed by atoms with Crippen molar-refractivity contribution in [3.05, 3.63) is 29.8 Å². The molecule has 0 aromatic heterocycles. The Morgan fingerprint density at radius 3 is 2.48 bits per heavy atom. The Hall–Kier alpha value is -2.57. The van der Waals surface area contributed by atoms with Crippen LogP contribution in [0, 0.1) is 0 Å². The van der Waals surface area contributed by atoms with E-state index in [0.717, 1.165) is 10.5 Å². The first-order chi connectivity index (χ1) is 9.93. The first kappa shape index (κ1) is 14.8. The zero-order valence-corrected chi connectivity index (χ0v) is 11.7. The van der Waals surface area contributed by atoms with Gasteiger partial charge in [-0.25, -0.2) is 14.5 Å². The number of hydrogen-bond acceptors (Lipinski definition) is 4. The highest BCUT2D eigenvalue weighted by Crippen LogP contribution is 2.22. The number of carboxylic acid groups (broad SMARTS) is 1. The first-order valence-electron chi connectivity index (χ1n) is 6.43. The number of amides is 3. The summed E-state index contributed by atoms with van der Waals surface area (Å²) in [7, 11) is 1.56. The van der Waals surface area contributed by atoms with E-state index in [9.17, 15) is 14.4 Å². The molecular weight excluding hydrogens is 276 g/mol. The smallest absolute Gasteiger partial charge is 0.327 e. The Morgan fingerprint density at radius 2 is 2.00 bits per heavy atom. The monoisotopic (exact) mass is 292 g/mol. The van der Waals surface area contributed by atoms with E-state index in [1.54, 1.807) is 38.3 Å². The van der Waals surface area contributed by atoms with Gasteiger partial charge in [-0.15, -0.1) is 0 Å². The standard InChI is InChI=1S/C14H16N2O5/c1-8(9-3-5-10(21-2)6-4-9)15-14(20)16-11(13(18)19)7-12(16)17/h3-6,8,11H,7H2,1-2H3,(H,15,20)(H,18,19). The minimum atomic E-state index is -1.18. The van der Waals surface area contributed by atoms with Crippen LogP contribution in [0.15, 0.2) is 24.3 Å². The molecule has 0 aliphatic carbocycles. The van der Waals surface area contributed by atoms with E-state index in [-0.39, 0.29) is 12.5 Å². The second-order valence-electron chi connectivity index (χ2n) is 4.77. The van der Waals surface area contributed by atoms with Crippen LogP contribution in [0.2, 0.25) is 0 Å². The van der Waals surface area contributed by atoms with Crippen LogP contribution in [0.25, 0.3) is 0 Å². The third-order valence-electron chi connectivity index (χ3n) is 3.41. The number of hydrogen-bond donors (Lipinski definition) is 2. The van der Waals surface area contributed by atoms with Gasteiger partial charge in [0.25, 0.3) is 0 Å². The fourth-order valence-corrected chi connectivity index (χ4v) is 2.10. The van der Waals surface area contributed by atoms with Crippen LogP contribution in [0.4, 0.5) is 4.79 Å². The number of nitrogens with zero attached hydrogens (tertiary/aromatic N) is 1. The van der Waals surface area contributed by atoms with E-state index in [1.807, 2.05) is 0 Å². The van der Waals surface area contributed by atoms with Gasteiger partial charge in [0.15, 0.2) is 0 Å². The van der Waals surface area contributed by atoms with Crippen molar-refractivity contribution in [3.8, 4) is 5.75 Å². The summed E-state index contributed by atoms with van der Waals surface area (Å²) in [5.41, 5.74) is 0.823. The lowest BCUT2D eigenvalue weighted by Gasteiger charge is -2.36. The fourth-order valence-electron chi connectivity index (χ4n) is 2.10. The molecule has 0 bridgehead atoms. The number of nitrogens with one attached hydrogen (secondary N) is 1. The number of ether oxygens (including phenoxy) is 1. The lowest BCUT2D eigenvalue weighted by molar-refractivity contribution is -0.157. The van der Waals surface area contributed by atoms with Crippen LogP contribution in [0.3, 0.4) is 0 Å². The molecule has 1 heterocycles. The number of carboxylic acids is 1. The lowest BCUT2D eigenvalue weighted by atomic mass is 10.0. The van der Waals surface area contributed by atoms with Crippen LogP contribution in [-0.4, -0.2) is 41.1 Å². The fraction of sp³-hybridized carbons (Fsp3) is 0.357. The van der Waals surface area contributed by atoms with Gasteiger partial charge >= 0.3 is 12.0 Å². The highest BCUT2D eigenvalue weighted by Gasteiger charge is 2.45. The summed E-state index contributed by atoms with van der Waals surface area (Å²) in [6, 6.07) is 4.97. The summed E-state index contributed by atoms with van der Waals surface area (Å²) in [6.45, 7) is 1.75. The largest absolute Gasteiger partial charge is 0.497 e. The van der Waals surface area contributed by atoms with Gasteiger partial charge in [0.2, 0.25) is 5.91 Å². The summed E-state index contributed by atoms with van der Waals surface area (Å²) in [5, 5.41) is 11.5. The van der Waals surface area contributed by atoms with Crippen molar-refractivity contribution < 1.29 is 24.2 Å². The number of carbonyl (C=O) groups is 3. The second kappa shape index (κ2) is 5.82. The molecule has 2 atom stereocenters. The van der Waals surface area contributed by atoms with E-state index >= 15 is 0 Å². The quantitative estimate of drug-likeness (QED) is 0.812. The van der Waals surface area contributed by atoms with Crippen molar-refractivity contribution in [2.75, 3.05) is 7.11 Å². The van der Waals surface area contributed by atoms with Gasteiger partial charge in [-0.3, -0.25) is 4.79 Å². The average molecular weight is 292 g/mol. The summed E-state index contributed by atoms with van der Waals surface area (Å²) in [5.74, 6) is -0.968. The van der Waals surface area contributed by atoms with Crippen LogP contribution >= 0.6 is 0 Å². The number of β-lactam (4-membered cyclic amide) rings is 1. The van der Waals surface area contributed by atoms with E-state index in [0.29, 0.717) is 5.75 Å². The van der Waals surface area contributed by atoms with E-state index in [2.05, 4.69) is 5.32 Å². The first-order valence-corrected chi connectivity index (χ1v) is 6.43. The molecule has 21 heavy (non-hydrogen) atoms. The molecule has 0 saturated carbocycles. The number of benzene rings is 1. The third kappa shape index (κ3) is 2.96. The van der Waals surface area contributed by atoms with Crippen LogP contribution in [-0.2, 0) is 9.59 Å². The van der Waals surface area contributed by atoms with E-state index in [1.165, 1.54) is 0 Å². The molecule has 2 rings (SSSR count). The van der Waals surface area contributed by atoms with Crippen molar-refractivity contribution >= 4 is 17.9 Å². The van der Waals surface area contributed by atoms with Gasteiger partial charge in [-0.05, 0) is 24.6 Å². The molecule has 0 spiro atoms. The van der Waals surface area contributed by atoms with E-state index in [4.69, 9.17) is 9.84 Å². The zero-order chi connectivity index (χ0) is 15.6. The Bertz CT molecular complexity index is 569. The number of carbonyl (C=O) groups excluding carboxylic acids is 2. The molecule has 1 aromatic rings. The Balaban J connectivity index is 2.01. The van der Waals surface area contributed by atoms with Gasteiger partial charge in [0, 0.05) is 0 Å². The van der Waals surface area contributed by atoms with Gasteiger partial charge in [-0.1, -0.05) is 12.1 Å². The zero-order valence-electron chi connectivity index (χ0n) is 11.7. The number of rotatable bonds is 4. The minimum Gasteiger partial charge on any atom is -0.497 e. The van der Waals surface area contributed by atoms with Crippen molar-refractivity contribution in [1.82, 2.24) is 10.2 Å². The highest BCUT2D eigenvalue weighted by molar-refractivity contribution is 6.05. The number of imide groups is 1. The number of aliphatic carboxylic acids is 1.